The van der Waals surface area contributed by atoms with Crippen molar-refractivity contribution in [2.45, 2.75) is 0 Å². The van der Waals surface area contributed by atoms with Gasteiger partial charge in [-0.15, -0.1) is 0 Å². The summed E-state index contributed by atoms with van der Waals surface area (Å²) in [5.41, 5.74) is 2.11. The molecule has 0 N–H and O–H groups in total. The molecule has 2 nitrogen and oxygen atoms in total. The van der Waals surface area contributed by atoms with Gasteiger partial charge in [0.05, 0.1) is 12.5 Å². The Balaban J connectivity index is 2.07. The zero-order chi connectivity index (χ0) is 10.8. The van der Waals surface area contributed by atoms with Gasteiger partial charge in [0.15, 0.2) is 0 Å². The van der Waals surface area contributed by atoms with E-state index in [4.69, 9.17) is 8.83 Å². The molecule has 78 valence electrons. The molecule has 2 heterocycles. The predicted molar refractivity (Wildman–Crippen MR) is 61.8 cm³/mol. The SMILES string of the molecule is c1cc(-c2ccco2)cc(-c2ccco2)c1. The van der Waals surface area contributed by atoms with Gasteiger partial charge in [-0.25, -0.2) is 0 Å². The largest absolute Gasteiger partial charge is 0.464 e. The number of hydrogen-bond donors (Lipinski definition) is 0. The Morgan fingerprint density at radius 1 is 0.625 bits per heavy atom. The molecule has 16 heavy (non-hydrogen) atoms. The second-order valence-electron chi connectivity index (χ2n) is 3.54. The Labute approximate surface area is 93.1 Å². The molecule has 0 atom stereocenters. The third-order valence-corrected chi connectivity index (χ3v) is 2.47. The van der Waals surface area contributed by atoms with Gasteiger partial charge >= 0.3 is 0 Å². The van der Waals surface area contributed by atoms with Crippen LogP contribution in [0.1, 0.15) is 0 Å². The average Bonchev–Trinajstić information content (AvgIpc) is 3.03. The van der Waals surface area contributed by atoms with Crippen LogP contribution < -0.4 is 0 Å². The lowest BCUT2D eigenvalue weighted by molar-refractivity contribution is 0.580. The van der Waals surface area contributed by atoms with Gasteiger partial charge in [-0.1, -0.05) is 18.2 Å². The molecule has 0 fully saturated rings. The summed E-state index contributed by atoms with van der Waals surface area (Å²) >= 11 is 0. The summed E-state index contributed by atoms with van der Waals surface area (Å²) in [5.74, 6) is 1.74. The molecule has 0 saturated heterocycles. The van der Waals surface area contributed by atoms with Crippen molar-refractivity contribution in [1.29, 1.82) is 0 Å². The molecule has 0 bridgehead atoms. The first-order valence-corrected chi connectivity index (χ1v) is 5.11. The van der Waals surface area contributed by atoms with Gasteiger partial charge in [0.2, 0.25) is 0 Å². The van der Waals surface area contributed by atoms with Crippen molar-refractivity contribution >= 4 is 0 Å². The number of furan rings is 2. The highest BCUT2D eigenvalue weighted by Gasteiger charge is 2.04. The topological polar surface area (TPSA) is 26.3 Å². The van der Waals surface area contributed by atoms with Crippen molar-refractivity contribution in [1.82, 2.24) is 0 Å². The highest BCUT2D eigenvalue weighted by Crippen LogP contribution is 2.26. The summed E-state index contributed by atoms with van der Waals surface area (Å²) in [7, 11) is 0. The molecule has 0 aliphatic rings. The summed E-state index contributed by atoms with van der Waals surface area (Å²) in [4.78, 5) is 0. The molecular formula is C14H10O2. The molecule has 2 heteroatoms. The predicted octanol–water partition coefficient (Wildman–Crippen LogP) is 4.21. The summed E-state index contributed by atoms with van der Waals surface area (Å²) < 4.78 is 10.7. The first kappa shape index (κ1) is 9.04. The zero-order valence-electron chi connectivity index (χ0n) is 8.59. The van der Waals surface area contributed by atoms with E-state index in [0.29, 0.717) is 0 Å². The van der Waals surface area contributed by atoms with Crippen molar-refractivity contribution < 1.29 is 8.83 Å². The van der Waals surface area contributed by atoms with Crippen LogP contribution in [0.3, 0.4) is 0 Å². The van der Waals surface area contributed by atoms with Crippen LogP contribution in [0.2, 0.25) is 0 Å². The average molecular weight is 210 g/mol. The van der Waals surface area contributed by atoms with Crippen LogP contribution in [0.25, 0.3) is 22.6 Å². The third-order valence-electron chi connectivity index (χ3n) is 2.47. The minimum Gasteiger partial charge on any atom is -0.464 e. The maximum Gasteiger partial charge on any atom is 0.133 e. The fourth-order valence-electron chi connectivity index (χ4n) is 1.71. The molecule has 0 amide bonds. The Kier molecular flexibility index (Phi) is 2.11. The van der Waals surface area contributed by atoms with Gasteiger partial charge in [-0.3, -0.25) is 0 Å². The van der Waals surface area contributed by atoms with Gasteiger partial charge in [0, 0.05) is 11.1 Å². The van der Waals surface area contributed by atoms with Crippen LogP contribution in [-0.2, 0) is 0 Å². The number of hydrogen-bond acceptors (Lipinski definition) is 2. The maximum atomic E-state index is 5.36. The van der Waals surface area contributed by atoms with Gasteiger partial charge in [0.1, 0.15) is 11.5 Å². The Morgan fingerprint density at radius 2 is 1.19 bits per heavy atom. The van der Waals surface area contributed by atoms with E-state index in [1.165, 1.54) is 0 Å². The van der Waals surface area contributed by atoms with Crippen molar-refractivity contribution in [3.05, 3.63) is 61.1 Å². The summed E-state index contributed by atoms with van der Waals surface area (Å²) in [6.07, 6.45) is 3.35. The highest BCUT2D eigenvalue weighted by molar-refractivity contribution is 5.67. The molecule has 0 radical (unpaired) electrons. The third kappa shape index (κ3) is 1.54. The molecule has 3 aromatic rings. The minimum atomic E-state index is 0.869. The maximum absolute atomic E-state index is 5.36. The fraction of sp³-hybridized carbons (Fsp3) is 0. The van der Waals surface area contributed by atoms with Crippen molar-refractivity contribution in [3.8, 4) is 22.6 Å². The molecule has 0 aliphatic heterocycles. The summed E-state index contributed by atoms with van der Waals surface area (Å²) in [6, 6.07) is 15.7. The van der Waals surface area contributed by atoms with Crippen LogP contribution in [0.15, 0.2) is 69.9 Å². The number of rotatable bonds is 2. The van der Waals surface area contributed by atoms with E-state index in [1.54, 1.807) is 12.5 Å². The van der Waals surface area contributed by atoms with Crippen molar-refractivity contribution in [2.75, 3.05) is 0 Å². The molecule has 2 aromatic heterocycles. The quantitative estimate of drug-likeness (QED) is 0.633. The lowest BCUT2D eigenvalue weighted by Crippen LogP contribution is -1.77. The molecule has 1 aromatic carbocycles. The van der Waals surface area contributed by atoms with E-state index in [1.807, 2.05) is 42.5 Å². The van der Waals surface area contributed by atoms with Crippen LogP contribution in [0.5, 0.6) is 0 Å². The smallest absolute Gasteiger partial charge is 0.133 e. The first-order valence-electron chi connectivity index (χ1n) is 5.11. The Bertz CT molecular complexity index is 513. The normalized spacial score (nSPS) is 10.5. The van der Waals surface area contributed by atoms with Crippen LogP contribution >= 0.6 is 0 Å². The van der Waals surface area contributed by atoms with E-state index in [-0.39, 0.29) is 0 Å². The van der Waals surface area contributed by atoms with Crippen molar-refractivity contribution in [3.63, 3.8) is 0 Å². The minimum absolute atomic E-state index is 0.869. The fourth-order valence-corrected chi connectivity index (χ4v) is 1.71. The molecular weight excluding hydrogens is 200 g/mol. The van der Waals surface area contributed by atoms with E-state index in [9.17, 15) is 0 Å². The van der Waals surface area contributed by atoms with Crippen molar-refractivity contribution in [2.24, 2.45) is 0 Å². The van der Waals surface area contributed by atoms with Gasteiger partial charge in [0.25, 0.3) is 0 Å². The second kappa shape index (κ2) is 3.74. The number of benzene rings is 1. The van der Waals surface area contributed by atoms with Gasteiger partial charge in [-0.2, -0.15) is 0 Å². The first-order chi connectivity index (χ1) is 7.93. The Hall–Kier alpha value is -2.22. The molecule has 3 rings (SSSR count). The monoisotopic (exact) mass is 210 g/mol. The molecule has 0 saturated carbocycles. The zero-order valence-corrected chi connectivity index (χ0v) is 8.59. The Morgan fingerprint density at radius 3 is 1.62 bits per heavy atom. The van der Waals surface area contributed by atoms with Crippen LogP contribution in [0, 0.1) is 0 Å². The summed E-state index contributed by atoms with van der Waals surface area (Å²) in [5, 5.41) is 0. The molecule has 0 unspecified atom stereocenters. The summed E-state index contributed by atoms with van der Waals surface area (Å²) in [6.45, 7) is 0. The van der Waals surface area contributed by atoms with Crippen LogP contribution in [-0.4, -0.2) is 0 Å². The van der Waals surface area contributed by atoms with E-state index in [2.05, 4.69) is 6.07 Å². The van der Waals surface area contributed by atoms with E-state index < -0.39 is 0 Å². The second-order valence-corrected chi connectivity index (χ2v) is 3.54. The lowest BCUT2D eigenvalue weighted by Gasteiger charge is -2.00. The van der Waals surface area contributed by atoms with E-state index in [0.717, 1.165) is 22.6 Å². The standard InChI is InChI=1S/C14H10O2/c1-4-11(13-6-2-8-15-13)10-12(5-1)14-7-3-9-16-14/h1-10H. The molecule has 0 aliphatic carbocycles. The highest BCUT2D eigenvalue weighted by atomic mass is 16.3. The van der Waals surface area contributed by atoms with Crippen LogP contribution in [0.4, 0.5) is 0 Å². The van der Waals surface area contributed by atoms with Gasteiger partial charge in [-0.05, 0) is 30.3 Å². The van der Waals surface area contributed by atoms with E-state index >= 15 is 0 Å². The molecule has 0 spiro atoms. The lowest BCUT2D eigenvalue weighted by atomic mass is 10.1. The van der Waals surface area contributed by atoms with Gasteiger partial charge < -0.3 is 8.83 Å².